The number of benzene rings is 1. The van der Waals surface area contributed by atoms with E-state index in [9.17, 15) is 15.0 Å². The van der Waals surface area contributed by atoms with Crippen molar-refractivity contribution in [3.05, 3.63) is 47.9 Å². The van der Waals surface area contributed by atoms with E-state index in [1.165, 1.54) is 18.4 Å². The molecule has 0 saturated heterocycles. The van der Waals surface area contributed by atoms with Crippen LogP contribution in [0.1, 0.15) is 23.0 Å². The Kier molecular flexibility index (Phi) is 3.51. The minimum atomic E-state index is -0.544. The number of hydrazone groups is 1. The molecule has 3 N–H and O–H groups in total. The molecule has 1 amide bonds. The highest BCUT2D eigenvalue weighted by atomic mass is 16.3. The quantitative estimate of drug-likeness (QED) is 0.579. The molecule has 98 valence electrons. The Morgan fingerprint density at radius 3 is 2.53 bits per heavy atom. The number of aromatic hydroxyl groups is 2. The van der Waals surface area contributed by atoms with Gasteiger partial charge >= 0.3 is 0 Å². The average Bonchev–Trinajstić information content (AvgIpc) is 2.88. The van der Waals surface area contributed by atoms with Crippen LogP contribution in [0, 0.1) is 0 Å². The molecular weight excluding hydrogens is 248 g/mol. The van der Waals surface area contributed by atoms with Crippen molar-refractivity contribution < 1.29 is 19.4 Å². The van der Waals surface area contributed by atoms with Crippen LogP contribution in [0.3, 0.4) is 0 Å². The monoisotopic (exact) mass is 260 g/mol. The molecule has 0 aliphatic rings. The number of nitrogens with one attached hydrogen (secondary N) is 1. The zero-order valence-corrected chi connectivity index (χ0v) is 10.1. The van der Waals surface area contributed by atoms with Gasteiger partial charge in [0, 0.05) is 11.6 Å². The third kappa shape index (κ3) is 3.12. The Hall–Kier alpha value is -2.76. The SMILES string of the molecule is C/C(=N/NC(=O)c1cc(O)cc(O)c1)c1ccco1. The lowest BCUT2D eigenvalue weighted by molar-refractivity contribution is 0.0954. The van der Waals surface area contributed by atoms with Crippen molar-refractivity contribution in [2.45, 2.75) is 6.92 Å². The van der Waals surface area contributed by atoms with Gasteiger partial charge in [0.25, 0.3) is 5.91 Å². The second kappa shape index (κ2) is 5.26. The number of nitrogens with zero attached hydrogens (tertiary/aromatic N) is 1. The van der Waals surface area contributed by atoms with Crippen LogP contribution in [-0.4, -0.2) is 21.8 Å². The summed E-state index contributed by atoms with van der Waals surface area (Å²) in [6, 6.07) is 7.02. The van der Waals surface area contributed by atoms with Crippen LogP contribution in [0.4, 0.5) is 0 Å². The maximum Gasteiger partial charge on any atom is 0.271 e. The van der Waals surface area contributed by atoms with Crippen LogP contribution < -0.4 is 5.43 Å². The Balaban J connectivity index is 2.11. The van der Waals surface area contributed by atoms with Crippen molar-refractivity contribution in [3.8, 4) is 11.5 Å². The van der Waals surface area contributed by atoms with E-state index in [-0.39, 0.29) is 17.1 Å². The van der Waals surface area contributed by atoms with Crippen molar-refractivity contribution in [1.82, 2.24) is 5.43 Å². The first-order chi connectivity index (χ1) is 9.06. The Morgan fingerprint density at radius 2 is 1.95 bits per heavy atom. The number of rotatable bonds is 3. The van der Waals surface area contributed by atoms with Crippen molar-refractivity contribution >= 4 is 11.6 Å². The van der Waals surface area contributed by atoms with E-state index in [4.69, 9.17) is 4.42 Å². The molecule has 1 aromatic carbocycles. The number of carbonyl (C=O) groups is 1. The maximum atomic E-state index is 11.8. The molecule has 0 aliphatic heterocycles. The molecular formula is C13H12N2O4. The van der Waals surface area contributed by atoms with Crippen molar-refractivity contribution in [2.24, 2.45) is 5.10 Å². The largest absolute Gasteiger partial charge is 0.508 e. The van der Waals surface area contributed by atoms with Gasteiger partial charge in [-0.3, -0.25) is 4.79 Å². The molecule has 6 heteroatoms. The van der Waals surface area contributed by atoms with Gasteiger partial charge in [0.2, 0.25) is 0 Å². The first-order valence-corrected chi connectivity index (χ1v) is 5.48. The maximum absolute atomic E-state index is 11.8. The molecule has 0 saturated carbocycles. The molecule has 1 heterocycles. The number of amides is 1. The summed E-state index contributed by atoms with van der Waals surface area (Å²) in [5.74, 6) is -0.398. The lowest BCUT2D eigenvalue weighted by Gasteiger charge is -2.03. The molecule has 1 aromatic heterocycles. The molecule has 19 heavy (non-hydrogen) atoms. The second-order valence-electron chi connectivity index (χ2n) is 3.85. The highest BCUT2D eigenvalue weighted by Crippen LogP contribution is 2.20. The minimum absolute atomic E-state index is 0.105. The predicted octanol–water partition coefficient (Wildman–Crippen LogP) is 1.84. The number of hydrogen-bond donors (Lipinski definition) is 3. The minimum Gasteiger partial charge on any atom is -0.508 e. The highest BCUT2D eigenvalue weighted by Gasteiger charge is 2.08. The average molecular weight is 260 g/mol. The van der Waals surface area contributed by atoms with Gasteiger partial charge in [-0.2, -0.15) is 5.10 Å². The fraction of sp³-hybridized carbons (Fsp3) is 0.0769. The van der Waals surface area contributed by atoms with Crippen LogP contribution in [0.2, 0.25) is 0 Å². The van der Waals surface area contributed by atoms with Crippen LogP contribution >= 0.6 is 0 Å². The van der Waals surface area contributed by atoms with E-state index >= 15 is 0 Å². The molecule has 0 atom stereocenters. The molecule has 0 bridgehead atoms. The van der Waals surface area contributed by atoms with Gasteiger partial charge < -0.3 is 14.6 Å². The van der Waals surface area contributed by atoms with Gasteiger partial charge in [0.05, 0.1) is 6.26 Å². The van der Waals surface area contributed by atoms with Crippen LogP contribution in [0.5, 0.6) is 11.5 Å². The zero-order valence-electron chi connectivity index (χ0n) is 10.1. The lowest BCUT2D eigenvalue weighted by atomic mass is 10.2. The number of carbonyl (C=O) groups excluding carboxylic acids is 1. The molecule has 0 aliphatic carbocycles. The van der Waals surface area contributed by atoms with E-state index in [1.807, 2.05) is 0 Å². The Morgan fingerprint density at radius 1 is 1.26 bits per heavy atom. The summed E-state index contributed by atoms with van der Waals surface area (Å²) in [6.45, 7) is 1.68. The topological polar surface area (TPSA) is 95.1 Å². The smallest absolute Gasteiger partial charge is 0.271 e. The summed E-state index contributed by atoms with van der Waals surface area (Å²) in [7, 11) is 0. The van der Waals surface area contributed by atoms with Gasteiger partial charge in [-0.1, -0.05) is 0 Å². The molecule has 0 fully saturated rings. The van der Waals surface area contributed by atoms with Crippen molar-refractivity contribution in [1.29, 1.82) is 0 Å². The van der Waals surface area contributed by atoms with E-state index in [0.29, 0.717) is 11.5 Å². The van der Waals surface area contributed by atoms with Gasteiger partial charge in [-0.15, -0.1) is 0 Å². The summed E-state index contributed by atoms with van der Waals surface area (Å²) in [5, 5.41) is 22.4. The summed E-state index contributed by atoms with van der Waals surface area (Å²) in [6.07, 6.45) is 1.50. The normalized spacial score (nSPS) is 11.3. The van der Waals surface area contributed by atoms with Gasteiger partial charge in [0.1, 0.15) is 23.0 Å². The summed E-state index contributed by atoms with van der Waals surface area (Å²) < 4.78 is 5.11. The van der Waals surface area contributed by atoms with Crippen LogP contribution in [0.25, 0.3) is 0 Å². The fourth-order valence-electron chi connectivity index (χ4n) is 1.46. The number of phenols is 2. The number of phenolic OH excluding ortho intramolecular Hbond substituents is 2. The molecule has 0 spiro atoms. The van der Waals surface area contributed by atoms with Crippen molar-refractivity contribution in [2.75, 3.05) is 0 Å². The Labute approximate surface area is 109 Å². The Bertz CT molecular complexity index is 597. The van der Waals surface area contributed by atoms with E-state index in [1.54, 1.807) is 19.1 Å². The van der Waals surface area contributed by atoms with Crippen LogP contribution in [-0.2, 0) is 0 Å². The summed E-state index contributed by atoms with van der Waals surface area (Å²) in [4.78, 5) is 11.8. The van der Waals surface area contributed by atoms with Gasteiger partial charge in [0.15, 0.2) is 0 Å². The molecule has 2 aromatic rings. The molecule has 2 rings (SSSR count). The lowest BCUT2D eigenvalue weighted by Crippen LogP contribution is -2.19. The highest BCUT2D eigenvalue weighted by molar-refractivity contribution is 5.99. The molecule has 6 nitrogen and oxygen atoms in total. The number of furan rings is 1. The third-order valence-corrected chi connectivity index (χ3v) is 2.37. The summed E-state index contributed by atoms with van der Waals surface area (Å²) in [5.41, 5.74) is 2.92. The van der Waals surface area contributed by atoms with E-state index in [0.717, 1.165) is 6.07 Å². The van der Waals surface area contributed by atoms with Gasteiger partial charge in [-0.05, 0) is 31.2 Å². The fourth-order valence-corrected chi connectivity index (χ4v) is 1.46. The zero-order chi connectivity index (χ0) is 13.8. The van der Waals surface area contributed by atoms with E-state index < -0.39 is 5.91 Å². The van der Waals surface area contributed by atoms with Gasteiger partial charge in [-0.25, -0.2) is 5.43 Å². The second-order valence-corrected chi connectivity index (χ2v) is 3.85. The standard InChI is InChI=1S/C13H12N2O4/c1-8(12-3-2-4-19-12)14-15-13(18)9-5-10(16)7-11(17)6-9/h2-7,16-17H,1H3,(H,15,18)/b14-8-. The predicted molar refractivity (Wildman–Crippen MR) is 68.2 cm³/mol. The third-order valence-electron chi connectivity index (χ3n) is 2.37. The molecule has 0 unspecified atom stereocenters. The first kappa shape index (κ1) is 12.7. The summed E-state index contributed by atoms with van der Waals surface area (Å²) >= 11 is 0. The first-order valence-electron chi connectivity index (χ1n) is 5.48. The number of hydrogen-bond acceptors (Lipinski definition) is 5. The molecule has 0 radical (unpaired) electrons. The van der Waals surface area contributed by atoms with Crippen molar-refractivity contribution in [3.63, 3.8) is 0 Å². The van der Waals surface area contributed by atoms with E-state index in [2.05, 4.69) is 10.5 Å². The van der Waals surface area contributed by atoms with Crippen LogP contribution in [0.15, 0.2) is 46.1 Å².